The van der Waals surface area contributed by atoms with E-state index in [4.69, 9.17) is 0 Å². The average molecular weight is 235 g/mol. The van der Waals surface area contributed by atoms with Gasteiger partial charge in [0.25, 0.3) is 0 Å². The molecule has 1 nitrogen and oxygen atoms in total. The normalized spacial score (nSPS) is 18.6. The Labute approximate surface area is 103 Å². The van der Waals surface area contributed by atoms with E-state index in [2.05, 4.69) is 5.32 Å². The van der Waals surface area contributed by atoms with E-state index >= 15 is 0 Å². The maximum absolute atomic E-state index is 13.6. The van der Waals surface area contributed by atoms with Gasteiger partial charge < -0.3 is 5.32 Å². The standard InChI is InChI=1S/C15H22FN/c1-10-8-13(9-11(2)14(10)16)15(17-3)12-6-4-5-7-12/h8-9,12,15,17H,4-7H2,1-3H3. The fraction of sp³-hybridized carbons (Fsp3) is 0.600. The molecule has 0 radical (unpaired) electrons. The van der Waals surface area contributed by atoms with Crippen LogP contribution >= 0.6 is 0 Å². The van der Waals surface area contributed by atoms with Crippen molar-refractivity contribution in [2.45, 2.75) is 45.6 Å². The topological polar surface area (TPSA) is 12.0 Å². The lowest BCUT2D eigenvalue weighted by Crippen LogP contribution is -2.23. The number of aryl methyl sites for hydroxylation is 2. The summed E-state index contributed by atoms with van der Waals surface area (Å²) in [5.74, 6) is 0.652. The van der Waals surface area contributed by atoms with Gasteiger partial charge in [-0.05, 0) is 56.3 Å². The second-order valence-electron chi connectivity index (χ2n) is 5.28. The molecular formula is C15H22FN. The molecule has 1 fully saturated rings. The molecule has 1 aromatic carbocycles. The highest BCUT2D eigenvalue weighted by molar-refractivity contribution is 5.32. The molecule has 1 atom stereocenters. The molecule has 0 heterocycles. The van der Waals surface area contributed by atoms with Crippen molar-refractivity contribution in [3.63, 3.8) is 0 Å². The van der Waals surface area contributed by atoms with Gasteiger partial charge in [0.15, 0.2) is 0 Å². The Hall–Kier alpha value is -0.890. The van der Waals surface area contributed by atoms with Crippen molar-refractivity contribution in [1.82, 2.24) is 5.32 Å². The Kier molecular flexibility index (Phi) is 3.82. The predicted molar refractivity (Wildman–Crippen MR) is 69.6 cm³/mol. The fourth-order valence-electron chi connectivity index (χ4n) is 3.12. The summed E-state index contributed by atoms with van der Waals surface area (Å²) in [5.41, 5.74) is 2.77. The predicted octanol–water partition coefficient (Wildman–Crippen LogP) is 3.89. The highest BCUT2D eigenvalue weighted by Crippen LogP contribution is 2.36. The molecule has 0 saturated heterocycles. The Morgan fingerprint density at radius 1 is 1.18 bits per heavy atom. The molecule has 0 spiro atoms. The van der Waals surface area contributed by atoms with Gasteiger partial charge in [0.1, 0.15) is 5.82 Å². The summed E-state index contributed by atoms with van der Waals surface area (Å²) in [5, 5.41) is 3.41. The monoisotopic (exact) mass is 235 g/mol. The number of halogens is 1. The zero-order valence-corrected chi connectivity index (χ0v) is 11.0. The van der Waals surface area contributed by atoms with Gasteiger partial charge in [0.05, 0.1) is 0 Å². The van der Waals surface area contributed by atoms with Crippen LogP contribution in [-0.2, 0) is 0 Å². The minimum atomic E-state index is -0.0602. The molecule has 1 aliphatic rings. The fourth-order valence-corrected chi connectivity index (χ4v) is 3.12. The van der Waals surface area contributed by atoms with E-state index < -0.39 is 0 Å². The quantitative estimate of drug-likeness (QED) is 0.838. The van der Waals surface area contributed by atoms with E-state index in [1.54, 1.807) is 0 Å². The second kappa shape index (κ2) is 5.18. The summed E-state index contributed by atoms with van der Waals surface area (Å²) in [4.78, 5) is 0. The Bertz CT molecular complexity index is 371. The van der Waals surface area contributed by atoms with Crippen LogP contribution in [0.15, 0.2) is 12.1 Å². The van der Waals surface area contributed by atoms with Crippen LogP contribution in [0, 0.1) is 25.6 Å². The highest BCUT2D eigenvalue weighted by atomic mass is 19.1. The average Bonchev–Trinajstić information content (AvgIpc) is 2.80. The smallest absolute Gasteiger partial charge is 0.129 e. The van der Waals surface area contributed by atoms with E-state index in [0.717, 1.165) is 11.1 Å². The van der Waals surface area contributed by atoms with Gasteiger partial charge in [-0.25, -0.2) is 4.39 Å². The minimum Gasteiger partial charge on any atom is -0.313 e. The van der Waals surface area contributed by atoms with Gasteiger partial charge in [-0.15, -0.1) is 0 Å². The van der Waals surface area contributed by atoms with Crippen molar-refractivity contribution in [3.8, 4) is 0 Å². The Morgan fingerprint density at radius 2 is 1.71 bits per heavy atom. The summed E-state index contributed by atoms with van der Waals surface area (Å²) < 4.78 is 13.6. The van der Waals surface area contributed by atoms with Crippen LogP contribution in [0.5, 0.6) is 0 Å². The molecule has 1 saturated carbocycles. The van der Waals surface area contributed by atoms with Crippen LogP contribution in [0.1, 0.15) is 48.4 Å². The molecule has 17 heavy (non-hydrogen) atoms. The molecule has 1 unspecified atom stereocenters. The third-order valence-corrected chi connectivity index (χ3v) is 4.00. The van der Waals surface area contributed by atoms with Crippen molar-refractivity contribution in [2.24, 2.45) is 5.92 Å². The first kappa shape index (κ1) is 12.6. The first-order valence-electron chi connectivity index (χ1n) is 6.57. The van der Waals surface area contributed by atoms with Crippen molar-refractivity contribution >= 4 is 0 Å². The third kappa shape index (κ3) is 2.52. The number of nitrogens with one attached hydrogen (secondary N) is 1. The van der Waals surface area contributed by atoms with E-state index in [9.17, 15) is 4.39 Å². The number of rotatable bonds is 3. The first-order valence-corrected chi connectivity index (χ1v) is 6.57. The summed E-state index contributed by atoms with van der Waals surface area (Å²) >= 11 is 0. The van der Waals surface area contributed by atoms with Gasteiger partial charge in [-0.1, -0.05) is 25.0 Å². The van der Waals surface area contributed by atoms with Crippen LogP contribution in [0.2, 0.25) is 0 Å². The van der Waals surface area contributed by atoms with Crippen molar-refractivity contribution in [1.29, 1.82) is 0 Å². The van der Waals surface area contributed by atoms with Gasteiger partial charge in [-0.2, -0.15) is 0 Å². The lowest BCUT2D eigenvalue weighted by molar-refractivity contribution is 0.389. The van der Waals surface area contributed by atoms with Crippen LogP contribution < -0.4 is 5.32 Å². The van der Waals surface area contributed by atoms with Crippen molar-refractivity contribution in [3.05, 3.63) is 34.6 Å². The maximum atomic E-state index is 13.6. The van der Waals surface area contributed by atoms with Gasteiger partial charge >= 0.3 is 0 Å². The number of hydrogen-bond acceptors (Lipinski definition) is 1. The lowest BCUT2D eigenvalue weighted by Gasteiger charge is -2.24. The molecule has 2 rings (SSSR count). The summed E-state index contributed by atoms with van der Waals surface area (Å²) in [6.45, 7) is 3.71. The van der Waals surface area contributed by atoms with Crippen molar-refractivity contribution in [2.75, 3.05) is 7.05 Å². The van der Waals surface area contributed by atoms with Gasteiger partial charge in [-0.3, -0.25) is 0 Å². The molecule has 1 N–H and O–H groups in total. The Balaban J connectivity index is 2.30. The Morgan fingerprint density at radius 3 is 2.18 bits per heavy atom. The molecular weight excluding hydrogens is 213 g/mol. The third-order valence-electron chi connectivity index (χ3n) is 4.00. The zero-order valence-electron chi connectivity index (χ0n) is 11.0. The molecule has 0 amide bonds. The van der Waals surface area contributed by atoms with Crippen LogP contribution in [-0.4, -0.2) is 7.05 Å². The molecule has 94 valence electrons. The van der Waals surface area contributed by atoms with Crippen LogP contribution in [0.3, 0.4) is 0 Å². The molecule has 0 aliphatic heterocycles. The van der Waals surface area contributed by atoms with E-state index in [0.29, 0.717) is 12.0 Å². The van der Waals surface area contributed by atoms with Gasteiger partial charge in [0.2, 0.25) is 0 Å². The number of hydrogen-bond donors (Lipinski definition) is 1. The highest BCUT2D eigenvalue weighted by Gasteiger charge is 2.25. The van der Waals surface area contributed by atoms with E-state index in [1.807, 2.05) is 33.0 Å². The van der Waals surface area contributed by atoms with Crippen LogP contribution in [0.25, 0.3) is 0 Å². The molecule has 0 bridgehead atoms. The lowest BCUT2D eigenvalue weighted by atomic mass is 9.90. The van der Waals surface area contributed by atoms with Gasteiger partial charge in [0, 0.05) is 6.04 Å². The molecule has 0 aromatic heterocycles. The van der Waals surface area contributed by atoms with Crippen LogP contribution in [0.4, 0.5) is 4.39 Å². The SMILES string of the molecule is CNC(c1cc(C)c(F)c(C)c1)C1CCCC1. The minimum absolute atomic E-state index is 0.0602. The zero-order chi connectivity index (χ0) is 12.4. The van der Waals surface area contributed by atoms with E-state index in [1.165, 1.54) is 31.2 Å². The van der Waals surface area contributed by atoms with Crippen molar-refractivity contribution < 1.29 is 4.39 Å². The summed E-state index contributed by atoms with van der Waals surface area (Å²) in [6.07, 6.45) is 5.26. The summed E-state index contributed by atoms with van der Waals surface area (Å²) in [7, 11) is 2.01. The van der Waals surface area contributed by atoms with E-state index in [-0.39, 0.29) is 5.82 Å². The maximum Gasteiger partial charge on any atom is 0.129 e. The largest absolute Gasteiger partial charge is 0.313 e. The first-order chi connectivity index (χ1) is 8.13. The summed E-state index contributed by atoms with van der Waals surface area (Å²) in [6, 6.07) is 4.39. The number of benzene rings is 1. The molecule has 1 aromatic rings. The molecule has 1 aliphatic carbocycles. The second-order valence-corrected chi connectivity index (χ2v) is 5.28. The molecule has 2 heteroatoms.